The van der Waals surface area contributed by atoms with Gasteiger partial charge in [0.2, 0.25) is 0 Å². The van der Waals surface area contributed by atoms with Gasteiger partial charge in [0, 0.05) is 18.1 Å². The van der Waals surface area contributed by atoms with Gasteiger partial charge >= 0.3 is 5.97 Å². The summed E-state index contributed by atoms with van der Waals surface area (Å²) in [4.78, 5) is 33.1. The van der Waals surface area contributed by atoms with Gasteiger partial charge in [-0.25, -0.2) is 4.79 Å². The minimum absolute atomic E-state index is 0.0394. The number of nitro groups is 2. The molecule has 0 saturated heterocycles. The van der Waals surface area contributed by atoms with Crippen LogP contribution in [0.2, 0.25) is 0 Å². The Labute approximate surface area is 155 Å². The fourth-order valence-corrected chi connectivity index (χ4v) is 3.45. The summed E-state index contributed by atoms with van der Waals surface area (Å²) in [5, 5.41) is 22.0. The number of nitro benzene ring substituents is 2. The van der Waals surface area contributed by atoms with Gasteiger partial charge in [0.05, 0.1) is 21.5 Å². The number of esters is 1. The molecular formula is C19H18N2O6. The lowest BCUT2D eigenvalue weighted by Crippen LogP contribution is -2.28. The molecule has 140 valence electrons. The van der Waals surface area contributed by atoms with Crippen LogP contribution in [0.4, 0.5) is 11.4 Å². The molecule has 0 aliphatic heterocycles. The van der Waals surface area contributed by atoms with Crippen LogP contribution in [0, 0.1) is 20.2 Å². The molecule has 0 bridgehead atoms. The van der Waals surface area contributed by atoms with Gasteiger partial charge in [-0.05, 0) is 24.8 Å². The Morgan fingerprint density at radius 2 is 1.52 bits per heavy atom. The zero-order chi connectivity index (χ0) is 19.4. The van der Waals surface area contributed by atoms with E-state index < -0.39 is 27.2 Å². The van der Waals surface area contributed by atoms with Crippen LogP contribution < -0.4 is 0 Å². The first-order valence-corrected chi connectivity index (χ1v) is 8.65. The van der Waals surface area contributed by atoms with Gasteiger partial charge in [-0.15, -0.1) is 0 Å². The zero-order valence-corrected chi connectivity index (χ0v) is 14.4. The highest BCUT2D eigenvalue weighted by Crippen LogP contribution is 2.35. The number of rotatable bonds is 5. The molecule has 2 unspecified atom stereocenters. The van der Waals surface area contributed by atoms with E-state index in [1.54, 1.807) is 0 Å². The highest BCUT2D eigenvalue weighted by Gasteiger charge is 2.31. The third kappa shape index (κ3) is 4.28. The molecule has 0 N–H and O–H groups in total. The van der Waals surface area contributed by atoms with E-state index in [-0.39, 0.29) is 17.6 Å². The van der Waals surface area contributed by atoms with E-state index in [1.807, 2.05) is 30.3 Å². The predicted molar refractivity (Wildman–Crippen MR) is 96.6 cm³/mol. The largest absolute Gasteiger partial charge is 0.458 e. The van der Waals surface area contributed by atoms with Crippen molar-refractivity contribution in [2.45, 2.75) is 37.7 Å². The van der Waals surface area contributed by atoms with Gasteiger partial charge in [0.15, 0.2) is 0 Å². The fraction of sp³-hybridized carbons (Fsp3) is 0.316. The molecule has 3 rings (SSSR count). The third-order valence-corrected chi connectivity index (χ3v) is 4.75. The number of nitrogens with zero attached hydrogens (tertiary/aromatic N) is 2. The highest BCUT2D eigenvalue weighted by molar-refractivity contribution is 5.91. The van der Waals surface area contributed by atoms with Gasteiger partial charge in [-0.3, -0.25) is 20.2 Å². The molecular weight excluding hydrogens is 352 g/mol. The number of ether oxygens (including phenoxy) is 1. The Hall–Kier alpha value is -3.29. The van der Waals surface area contributed by atoms with E-state index >= 15 is 0 Å². The number of carbonyl (C=O) groups excluding carboxylic acids is 1. The standard InChI is InChI=1S/C19H18N2O6/c22-19(14-10-15(20(23)24)12-16(11-14)21(25)26)27-18-9-5-4-8-17(18)13-6-2-1-3-7-13/h1-3,6-7,10-12,17-18H,4-5,8-9H2. The summed E-state index contributed by atoms with van der Waals surface area (Å²) < 4.78 is 5.63. The number of hydrogen-bond donors (Lipinski definition) is 0. The Morgan fingerprint density at radius 1 is 0.926 bits per heavy atom. The van der Waals surface area contributed by atoms with Crippen molar-refractivity contribution in [3.05, 3.63) is 79.9 Å². The Kier molecular flexibility index (Phi) is 5.44. The highest BCUT2D eigenvalue weighted by atomic mass is 16.6. The molecule has 1 fully saturated rings. The number of carbonyl (C=O) groups is 1. The molecule has 8 nitrogen and oxygen atoms in total. The lowest BCUT2D eigenvalue weighted by molar-refractivity contribution is -0.394. The second-order valence-electron chi connectivity index (χ2n) is 6.50. The Bertz CT molecular complexity index is 836. The SMILES string of the molecule is O=C(OC1CCCCC1c1ccccc1)c1cc([N+](=O)[O-])cc([N+](=O)[O-])c1. The van der Waals surface area contributed by atoms with Crippen molar-refractivity contribution in [1.82, 2.24) is 0 Å². The molecule has 27 heavy (non-hydrogen) atoms. The second kappa shape index (κ2) is 7.94. The van der Waals surface area contributed by atoms with Crippen LogP contribution in [0.15, 0.2) is 48.5 Å². The van der Waals surface area contributed by atoms with E-state index in [1.165, 1.54) is 0 Å². The summed E-state index contributed by atoms with van der Waals surface area (Å²) in [6.07, 6.45) is 3.12. The Balaban J connectivity index is 1.85. The average Bonchev–Trinajstić information content (AvgIpc) is 2.68. The summed E-state index contributed by atoms with van der Waals surface area (Å²) in [6.45, 7) is 0. The van der Waals surface area contributed by atoms with Crippen molar-refractivity contribution < 1.29 is 19.4 Å². The number of benzene rings is 2. The second-order valence-corrected chi connectivity index (χ2v) is 6.50. The number of non-ortho nitro benzene ring substituents is 2. The molecule has 2 atom stereocenters. The fourth-order valence-electron chi connectivity index (χ4n) is 3.45. The smallest absolute Gasteiger partial charge is 0.338 e. The molecule has 2 aromatic carbocycles. The predicted octanol–water partition coefficient (Wildman–Crippen LogP) is 4.39. The minimum Gasteiger partial charge on any atom is -0.458 e. The zero-order valence-electron chi connectivity index (χ0n) is 14.4. The maximum atomic E-state index is 12.6. The van der Waals surface area contributed by atoms with E-state index in [2.05, 4.69) is 0 Å². The molecule has 1 aliphatic carbocycles. The molecule has 2 aromatic rings. The quantitative estimate of drug-likeness (QED) is 0.438. The molecule has 0 heterocycles. The van der Waals surface area contributed by atoms with Crippen LogP contribution in [0.25, 0.3) is 0 Å². The summed E-state index contributed by atoms with van der Waals surface area (Å²) in [7, 11) is 0. The van der Waals surface area contributed by atoms with Crippen molar-refractivity contribution >= 4 is 17.3 Å². The van der Waals surface area contributed by atoms with Crippen molar-refractivity contribution in [3.63, 3.8) is 0 Å². The first-order chi connectivity index (χ1) is 13.0. The van der Waals surface area contributed by atoms with Crippen molar-refractivity contribution in [3.8, 4) is 0 Å². The monoisotopic (exact) mass is 370 g/mol. The van der Waals surface area contributed by atoms with Gasteiger partial charge in [-0.2, -0.15) is 0 Å². The van der Waals surface area contributed by atoms with E-state index in [4.69, 9.17) is 4.74 Å². The Morgan fingerprint density at radius 3 is 2.11 bits per heavy atom. The van der Waals surface area contributed by atoms with Crippen molar-refractivity contribution in [2.24, 2.45) is 0 Å². The minimum atomic E-state index is -0.783. The van der Waals surface area contributed by atoms with Gasteiger partial charge in [0.1, 0.15) is 6.10 Å². The maximum Gasteiger partial charge on any atom is 0.338 e. The van der Waals surface area contributed by atoms with Crippen LogP contribution in [0.3, 0.4) is 0 Å². The molecule has 0 spiro atoms. The number of hydrogen-bond acceptors (Lipinski definition) is 6. The summed E-state index contributed by atoms with van der Waals surface area (Å²) in [5.74, 6) is -0.743. The molecule has 1 saturated carbocycles. The average molecular weight is 370 g/mol. The van der Waals surface area contributed by atoms with Crippen molar-refractivity contribution in [2.75, 3.05) is 0 Å². The first-order valence-electron chi connectivity index (χ1n) is 8.65. The molecule has 0 aromatic heterocycles. The van der Waals surface area contributed by atoms with Gasteiger partial charge in [-0.1, -0.05) is 36.8 Å². The summed E-state index contributed by atoms with van der Waals surface area (Å²) in [6, 6.07) is 12.6. The van der Waals surface area contributed by atoms with E-state index in [0.717, 1.165) is 43.0 Å². The van der Waals surface area contributed by atoms with Crippen LogP contribution in [-0.2, 0) is 4.74 Å². The first kappa shape index (κ1) is 18.5. The molecule has 1 aliphatic rings. The normalized spacial score (nSPS) is 19.3. The maximum absolute atomic E-state index is 12.6. The van der Waals surface area contributed by atoms with Gasteiger partial charge < -0.3 is 4.74 Å². The van der Waals surface area contributed by atoms with Crippen LogP contribution in [0.1, 0.15) is 47.5 Å². The van der Waals surface area contributed by atoms with Crippen LogP contribution >= 0.6 is 0 Å². The summed E-state index contributed by atoms with van der Waals surface area (Å²) in [5.41, 5.74) is -0.146. The summed E-state index contributed by atoms with van der Waals surface area (Å²) >= 11 is 0. The van der Waals surface area contributed by atoms with Gasteiger partial charge in [0.25, 0.3) is 11.4 Å². The lowest BCUT2D eigenvalue weighted by atomic mass is 9.81. The van der Waals surface area contributed by atoms with Crippen LogP contribution in [-0.4, -0.2) is 21.9 Å². The lowest BCUT2D eigenvalue weighted by Gasteiger charge is -2.31. The van der Waals surface area contributed by atoms with E-state index in [0.29, 0.717) is 6.42 Å². The molecule has 8 heteroatoms. The molecule has 0 amide bonds. The third-order valence-electron chi connectivity index (χ3n) is 4.75. The topological polar surface area (TPSA) is 113 Å². The van der Waals surface area contributed by atoms with E-state index in [9.17, 15) is 25.0 Å². The van der Waals surface area contributed by atoms with Crippen LogP contribution in [0.5, 0.6) is 0 Å². The molecule has 0 radical (unpaired) electrons. The van der Waals surface area contributed by atoms with Crippen molar-refractivity contribution in [1.29, 1.82) is 0 Å².